The van der Waals surface area contributed by atoms with Crippen molar-refractivity contribution in [3.63, 3.8) is 0 Å². The first-order valence-corrected chi connectivity index (χ1v) is 4.23. The van der Waals surface area contributed by atoms with Gasteiger partial charge in [0.25, 0.3) is 0 Å². The summed E-state index contributed by atoms with van der Waals surface area (Å²) in [5.41, 5.74) is 5.44. The summed E-state index contributed by atoms with van der Waals surface area (Å²) in [6.07, 6.45) is 4.97. The molecule has 2 heterocycles. The van der Waals surface area contributed by atoms with Crippen LogP contribution in [0, 0.1) is 0 Å². The Morgan fingerprint density at radius 3 is 2.75 bits per heavy atom. The second kappa shape index (κ2) is 3.00. The summed E-state index contributed by atoms with van der Waals surface area (Å²) in [7, 11) is 0. The molecule has 0 saturated carbocycles. The molecule has 2 aromatic heterocycles. The lowest BCUT2D eigenvalue weighted by atomic mass is 10.6. The summed E-state index contributed by atoms with van der Waals surface area (Å²) >= 11 is 1.49. The Balaban J connectivity index is 2.35. The standard InChI is InChI=1S/C6H7N5S/c7-3-5-4-8-6(12-5)11-9-1-2-10-11/h1-2,4H,3,7H2. The maximum Gasteiger partial charge on any atom is 0.230 e. The lowest BCUT2D eigenvalue weighted by Gasteiger charge is -1.88. The lowest BCUT2D eigenvalue weighted by molar-refractivity contribution is 0.745. The van der Waals surface area contributed by atoms with E-state index in [0.29, 0.717) is 6.54 Å². The Morgan fingerprint density at radius 1 is 1.42 bits per heavy atom. The number of rotatable bonds is 2. The maximum atomic E-state index is 5.44. The monoisotopic (exact) mass is 181 g/mol. The molecule has 2 rings (SSSR count). The summed E-state index contributed by atoms with van der Waals surface area (Å²) in [5.74, 6) is 0. The van der Waals surface area contributed by atoms with E-state index in [4.69, 9.17) is 5.73 Å². The molecule has 2 N–H and O–H groups in total. The summed E-state index contributed by atoms with van der Waals surface area (Å²) in [6, 6.07) is 0. The fourth-order valence-corrected chi connectivity index (χ4v) is 1.50. The molecule has 62 valence electrons. The fraction of sp³-hybridized carbons (Fsp3) is 0.167. The molecule has 0 radical (unpaired) electrons. The third-order valence-electron chi connectivity index (χ3n) is 1.33. The van der Waals surface area contributed by atoms with Crippen molar-refractivity contribution in [1.29, 1.82) is 0 Å². The van der Waals surface area contributed by atoms with Crippen LogP contribution in [0.1, 0.15) is 4.88 Å². The van der Waals surface area contributed by atoms with Gasteiger partial charge in [0.2, 0.25) is 5.13 Å². The zero-order valence-corrected chi connectivity index (χ0v) is 7.03. The van der Waals surface area contributed by atoms with Crippen LogP contribution < -0.4 is 5.73 Å². The third-order valence-corrected chi connectivity index (χ3v) is 2.32. The largest absolute Gasteiger partial charge is 0.326 e. The molecule has 0 aliphatic carbocycles. The van der Waals surface area contributed by atoms with Crippen molar-refractivity contribution in [1.82, 2.24) is 20.0 Å². The third kappa shape index (κ3) is 1.21. The molecular formula is C6H7N5S. The molecule has 5 nitrogen and oxygen atoms in total. The molecule has 0 aromatic carbocycles. The van der Waals surface area contributed by atoms with Gasteiger partial charge in [-0.2, -0.15) is 10.2 Å². The Kier molecular flexibility index (Phi) is 1.84. The molecule has 0 atom stereocenters. The number of hydrogen-bond acceptors (Lipinski definition) is 5. The van der Waals surface area contributed by atoms with Crippen LogP contribution in [0.25, 0.3) is 5.13 Å². The molecule has 0 saturated heterocycles. The average Bonchev–Trinajstić information content (AvgIpc) is 2.75. The molecule has 12 heavy (non-hydrogen) atoms. The zero-order chi connectivity index (χ0) is 8.39. The first-order valence-electron chi connectivity index (χ1n) is 3.41. The van der Waals surface area contributed by atoms with Crippen molar-refractivity contribution >= 4 is 11.3 Å². The molecule has 0 spiro atoms. The smallest absolute Gasteiger partial charge is 0.230 e. The van der Waals surface area contributed by atoms with E-state index in [1.807, 2.05) is 0 Å². The van der Waals surface area contributed by atoms with E-state index in [9.17, 15) is 0 Å². The highest BCUT2D eigenvalue weighted by atomic mass is 32.1. The van der Waals surface area contributed by atoms with Gasteiger partial charge in [-0.3, -0.25) is 0 Å². The van der Waals surface area contributed by atoms with E-state index in [2.05, 4.69) is 15.2 Å². The number of aromatic nitrogens is 4. The van der Waals surface area contributed by atoms with Crippen LogP contribution in [-0.4, -0.2) is 20.0 Å². The quantitative estimate of drug-likeness (QED) is 0.717. The highest BCUT2D eigenvalue weighted by Gasteiger charge is 2.02. The Labute approximate surface area is 72.8 Å². The van der Waals surface area contributed by atoms with Gasteiger partial charge in [0, 0.05) is 17.6 Å². The van der Waals surface area contributed by atoms with Crippen LogP contribution in [-0.2, 0) is 6.54 Å². The van der Waals surface area contributed by atoms with Gasteiger partial charge in [-0.1, -0.05) is 11.3 Å². The number of nitrogens with two attached hydrogens (primary N) is 1. The SMILES string of the molecule is NCc1cnc(-n2nccn2)s1. The van der Waals surface area contributed by atoms with Crippen molar-refractivity contribution in [3.8, 4) is 5.13 Å². The summed E-state index contributed by atoms with van der Waals surface area (Å²) in [6.45, 7) is 0.513. The Morgan fingerprint density at radius 2 is 2.17 bits per heavy atom. The minimum atomic E-state index is 0.513. The minimum Gasteiger partial charge on any atom is -0.326 e. The lowest BCUT2D eigenvalue weighted by Crippen LogP contribution is -1.96. The van der Waals surface area contributed by atoms with Crippen molar-refractivity contribution in [2.24, 2.45) is 5.73 Å². The molecular weight excluding hydrogens is 174 g/mol. The van der Waals surface area contributed by atoms with E-state index in [0.717, 1.165) is 10.0 Å². The summed E-state index contributed by atoms with van der Waals surface area (Å²) in [5, 5.41) is 8.64. The Hall–Kier alpha value is -1.27. The minimum absolute atomic E-state index is 0.513. The first-order chi connectivity index (χ1) is 5.90. The average molecular weight is 181 g/mol. The molecule has 0 bridgehead atoms. The maximum absolute atomic E-state index is 5.44. The van der Waals surface area contributed by atoms with Crippen LogP contribution in [0.3, 0.4) is 0 Å². The highest BCUT2D eigenvalue weighted by Crippen LogP contribution is 2.14. The molecule has 0 fully saturated rings. The van der Waals surface area contributed by atoms with E-state index in [1.54, 1.807) is 18.6 Å². The van der Waals surface area contributed by atoms with Gasteiger partial charge < -0.3 is 5.73 Å². The van der Waals surface area contributed by atoms with E-state index < -0.39 is 0 Å². The van der Waals surface area contributed by atoms with E-state index in [1.165, 1.54) is 16.1 Å². The van der Waals surface area contributed by atoms with Crippen molar-refractivity contribution < 1.29 is 0 Å². The molecule has 6 heteroatoms. The second-order valence-corrected chi connectivity index (χ2v) is 3.23. The topological polar surface area (TPSA) is 69.6 Å². The summed E-state index contributed by atoms with van der Waals surface area (Å²) in [4.78, 5) is 6.61. The van der Waals surface area contributed by atoms with Gasteiger partial charge in [0.1, 0.15) is 0 Å². The van der Waals surface area contributed by atoms with Gasteiger partial charge in [-0.25, -0.2) is 4.98 Å². The molecule has 0 aliphatic rings. The van der Waals surface area contributed by atoms with Gasteiger partial charge in [0.05, 0.1) is 12.4 Å². The number of thiazole rings is 1. The Bertz CT molecular complexity index is 352. The van der Waals surface area contributed by atoms with Crippen LogP contribution in [0.15, 0.2) is 18.6 Å². The van der Waals surface area contributed by atoms with Crippen molar-refractivity contribution in [2.45, 2.75) is 6.54 Å². The van der Waals surface area contributed by atoms with Gasteiger partial charge in [-0.05, 0) is 0 Å². The summed E-state index contributed by atoms with van der Waals surface area (Å²) < 4.78 is 0. The fourth-order valence-electron chi connectivity index (χ4n) is 0.799. The number of hydrogen-bond donors (Lipinski definition) is 1. The zero-order valence-electron chi connectivity index (χ0n) is 6.21. The predicted molar refractivity (Wildman–Crippen MR) is 44.9 cm³/mol. The van der Waals surface area contributed by atoms with E-state index >= 15 is 0 Å². The van der Waals surface area contributed by atoms with Crippen LogP contribution >= 0.6 is 11.3 Å². The van der Waals surface area contributed by atoms with E-state index in [-0.39, 0.29) is 0 Å². The number of nitrogens with zero attached hydrogens (tertiary/aromatic N) is 4. The molecule has 0 amide bonds. The van der Waals surface area contributed by atoms with Crippen LogP contribution in [0.4, 0.5) is 0 Å². The molecule has 0 aliphatic heterocycles. The van der Waals surface area contributed by atoms with Gasteiger partial charge in [0.15, 0.2) is 0 Å². The first kappa shape index (κ1) is 7.38. The van der Waals surface area contributed by atoms with Gasteiger partial charge >= 0.3 is 0 Å². The predicted octanol–water partition coefficient (Wildman–Crippen LogP) is 0.182. The molecule has 2 aromatic rings. The van der Waals surface area contributed by atoms with Crippen molar-refractivity contribution in [3.05, 3.63) is 23.5 Å². The van der Waals surface area contributed by atoms with Gasteiger partial charge in [-0.15, -0.1) is 4.80 Å². The second-order valence-electron chi connectivity index (χ2n) is 2.13. The van der Waals surface area contributed by atoms with Crippen LogP contribution in [0.2, 0.25) is 0 Å². The van der Waals surface area contributed by atoms with Crippen LogP contribution in [0.5, 0.6) is 0 Å². The van der Waals surface area contributed by atoms with Crippen molar-refractivity contribution in [2.75, 3.05) is 0 Å². The normalized spacial score (nSPS) is 10.4. The molecule has 0 unspecified atom stereocenters. The highest BCUT2D eigenvalue weighted by molar-refractivity contribution is 7.14.